The van der Waals surface area contributed by atoms with Crippen LogP contribution in [0.2, 0.25) is 15.1 Å². The van der Waals surface area contributed by atoms with Crippen LogP contribution < -0.4 is 21.0 Å². The van der Waals surface area contributed by atoms with Crippen LogP contribution in [-0.4, -0.2) is 46.7 Å². The van der Waals surface area contributed by atoms with E-state index in [1.54, 1.807) is 36.9 Å². The Labute approximate surface area is 257 Å². The molecule has 0 unspecified atom stereocenters. The summed E-state index contributed by atoms with van der Waals surface area (Å²) in [6, 6.07) is 6.11. The van der Waals surface area contributed by atoms with Gasteiger partial charge in [0.25, 0.3) is 5.91 Å². The molecular formula is C30H32Cl3FN4O4. The maximum atomic E-state index is 15.7. The number of carbonyl (C=O) groups excluding carboxylic acids is 2. The number of aliphatic hydroxyl groups is 1. The molecule has 1 aromatic heterocycles. The van der Waals surface area contributed by atoms with Gasteiger partial charge >= 0.3 is 0 Å². The second-order valence-corrected chi connectivity index (χ2v) is 12.9. The van der Waals surface area contributed by atoms with Gasteiger partial charge in [-0.2, -0.15) is 0 Å². The number of amides is 2. The molecule has 0 atom stereocenters. The highest BCUT2D eigenvalue weighted by Crippen LogP contribution is 2.42. The Balaban J connectivity index is 1.42. The van der Waals surface area contributed by atoms with Crippen molar-refractivity contribution in [2.24, 2.45) is 5.92 Å². The second kappa shape index (κ2) is 12.0. The molecule has 1 aliphatic carbocycles. The Morgan fingerprint density at radius 2 is 1.79 bits per heavy atom. The average molecular weight is 638 g/mol. The number of hydrogen-bond donors (Lipinski definition) is 3. The van der Waals surface area contributed by atoms with Crippen LogP contribution in [0.4, 0.5) is 10.1 Å². The molecule has 3 aromatic rings. The van der Waals surface area contributed by atoms with Crippen molar-refractivity contribution in [3.8, 4) is 0 Å². The summed E-state index contributed by atoms with van der Waals surface area (Å²) in [7, 11) is 0. The van der Waals surface area contributed by atoms with Crippen molar-refractivity contribution < 1.29 is 19.1 Å². The van der Waals surface area contributed by atoms with Crippen molar-refractivity contribution in [1.29, 1.82) is 0 Å². The molecule has 2 heterocycles. The van der Waals surface area contributed by atoms with Crippen molar-refractivity contribution in [3.05, 3.63) is 72.7 Å². The number of rotatable bonds is 8. The molecule has 2 aromatic carbocycles. The van der Waals surface area contributed by atoms with E-state index in [4.69, 9.17) is 34.8 Å². The number of nitrogens with zero attached hydrogens (tertiary/aromatic N) is 2. The highest BCUT2D eigenvalue weighted by molar-refractivity contribution is 6.38. The van der Waals surface area contributed by atoms with Crippen LogP contribution in [0.25, 0.3) is 10.9 Å². The summed E-state index contributed by atoms with van der Waals surface area (Å²) in [5.74, 6) is -1.69. The first-order valence-corrected chi connectivity index (χ1v) is 15.0. The third-order valence-corrected chi connectivity index (χ3v) is 8.81. The molecule has 1 saturated carbocycles. The van der Waals surface area contributed by atoms with Gasteiger partial charge in [0.1, 0.15) is 11.4 Å². The molecule has 2 fully saturated rings. The van der Waals surface area contributed by atoms with Crippen LogP contribution in [0.1, 0.15) is 61.5 Å². The van der Waals surface area contributed by atoms with Gasteiger partial charge in [0.2, 0.25) is 11.3 Å². The SMILES string of the molecule is CC(C)(CO)NC(=O)C1CCN(c2c(F)cc3c(=O)c(C(=O)NCc4ccc(Cl)cc4Cl)cn(C4CC4)c3c2Cl)CC1. The van der Waals surface area contributed by atoms with Gasteiger partial charge in [0.05, 0.1) is 33.8 Å². The van der Waals surface area contributed by atoms with Gasteiger partial charge in [0.15, 0.2) is 0 Å². The highest BCUT2D eigenvalue weighted by atomic mass is 35.5. The molecule has 1 saturated heterocycles. The smallest absolute Gasteiger partial charge is 0.257 e. The number of halogens is 4. The first-order valence-electron chi connectivity index (χ1n) is 13.9. The second-order valence-electron chi connectivity index (χ2n) is 11.6. The zero-order valence-corrected chi connectivity index (χ0v) is 25.5. The Hall–Kier alpha value is -2.85. The van der Waals surface area contributed by atoms with E-state index in [9.17, 15) is 19.5 Å². The van der Waals surface area contributed by atoms with E-state index in [0.29, 0.717) is 47.1 Å². The molecule has 8 nitrogen and oxygen atoms in total. The van der Waals surface area contributed by atoms with E-state index < -0.39 is 22.7 Å². The number of hydrogen-bond acceptors (Lipinski definition) is 5. The van der Waals surface area contributed by atoms with E-state index in [2.05, 4.69) is 10.6 Å². The molecule has 0 spiro atoms. The fraction of sp³-hybridized carbons (Fsp3) is 0.433. The predicted octanol–water partition coefficient (Wildman–Crippen LogP) is 5.47. The van der Waals surface area contributed by atoms with Gasteiger partial charge in [-0.1, -0.05) is 40.9 Å². The Morgan fingerprint density at radius 1 is 1.10 bits per heavy atom. The quantitative estimate of drug-likeness (QED) is 0.304. The molecule has 42 heavy (non-hydrogen) atoms. The molecule has 2 amide bonds. The lowest BCUT2D eigenvalue weighted by Gasteiger charge is -2.35. The monoisotopic (exact) mass is 636 g/mol. The third-order valence-electron chi connectivity index (χ3n) is 7.86. The van der Waals surface area contributed by atoms with Crippen LogP contribution in [0.3, 0.4) is 0 Å². The van der Waals surface area contributed by atoms with Crippen LogP contribution in [-0.2, 0) is 11.3 Å². The molecule has 0 bridgehead atoms. The lowest BCUT2D eigenvalue weighted by molar-refractivity contribution is -0.127. The number of pyridine rings is 1. The normalized spacial score (nSPS) is 16.1. The molecule has 0 radical (unpaired) electrons. The number of aromatic nitrogens is 1. The zero-order chi connectivity index (χ0) is 30.3. The maximum Gasteiger partial charge on any atom is 0.257 e. The summed E-state index contributed by atoms with van der Waals surface area (Å²) in [5, 5.41) is 16.1. The van der Waals surface area contributed by atoms with E-state index in [1.165, 1.54) is 6.20 Å². The van der Waals surface area contributed by atoms with Crippen molar-refractivity contribution in [3.63, 3.8) is 0 Å². The van der Waals surface area contributed by atoms with Gasteiger partial charge in [-0.25, -0.2) is 4.39 Å². The fourth-order valence-electron chi connectivity index (χ4n) is 5.30. The van der Waals surface area contributed by atoms with Gasteiger partial charge in [-0.15, -0.1) is 0 Å². The summed E-state index contributed by atoms with van der Waals surface area (Å²) in [5.41, 5.74) is -0.247. The van der Waals surface area contributed by atoms with Crippen LogP contribution in [0.15, 0.2) is 35.3 Å². The topological polar surface area (TPSA) is 104 Å². The number of fused-ring (bicyclic) bond motifs is 1. The largest absolute Gasteiger partial charge is 0.394 e. The van der Waals surface area contributed by atoms with E-state index in [1.807, 2.05) is 4.57 Å². The van der Waals surface area contributed by atoms with Crippen LogP contribution in [0.5, 0.6) is 0 Å². The molecule has 1 aliphatic heterocycles. The Bertz CT molecular complexity index is 1610. The molecule has 2 aliphatic rings. The molecule has 224 valence electrons. The number of carbonyl (C=O) groups is 2. The minimum atomic E-state index is -0.729. The standard InChI is InChI=1S/C30H32Cl3FN4O4/c1-30(2,15-39)36-28(41)16-7-9-37(10-8-16)26-23(34)12-20-25(24(26)33)38(19-5-6-19)14-21(27(20)40)29(42)35-13-17-3-4-18(31)11-22(17)32/h3-4,11-12,14,16,19,39H,5-10,13,15H2,1-2H3,(H,35,42)(H,36,41). The summed E-state index contributed by atoms with van der Waals surface area (Å²) in [6.45, 7) is 4.16. The summed E-state index contributed by atoms with van der Waals surface area (Å²) < 4.78 is 17.5. The molecule has 3 N–H and O–H groups in total. The van der Waals surface area contributed by atoms with E-state index in [-0.39, 0.29) is 52.7 Å². The van der Waals surface area contributed by atoms with Crippen LogP contribution >= 0.6 is 34.8 Å². The van der Waals surface area contributed by atoms with Gasteiger partial charge < -0.3 is 25.2 Å². The lowest BCUT2D eigenvalue weighted by atomic mass is 9.93. The minimum absolute atomic E-state index is 0.0329. The summed E-state index contributed by atoms with van der Waals surface area (Å²) in [4.78, 5) is 41.2. The average Bonchev–Trinajstić information content (AvgIpc) is 3.79. The fourth-order valence-corrected chi connectivity index (χ4v) is 6.18. The zero-order valence-electron chi connectivity index (χ0n) is 23.3. The van der Waals surface area contributed by atoms with Gasteiger partial charge in [0, 0.05) is 47.8 Å². The molecule has 12 heteroatoms. The summed E-state index contributed by atoms with van der Waals surface area (Å²) >= 11 is 19.0. The number of piperidine rings is 1. The molecule has 5 rings (SSSR count). The van der Waals surface area contributed by atoms with Crippen molar-refractivity contribution >= 4 is 63.2 Å². The first-order chi connectivity index (χ1) is 19.9. The van der Waals surface area contributed by atoms with Crippen molar-refractivity contribution in [2.45, 2.75) is 57.7 Å². The molecular weight excluding hydrogens is 606 g/mol. The Morgan fingerprint density at radius 3 is 2.40 bits per heavy atom. The first kappa shape index (κ1) is 30.6. The van der Waals surface area contributed by atoms with E-state index in [0.717, 1.165) is 18.9 Å². The van der Waals surface area contributed by atoms with Crippen LogP contribution in [0, 0.1) is 11.7 Å². The van der Waals surface area contributed by atoms with Crippen molar-refractivity contribution in [2.75, 3.05) is 24.6 Å². The van der Waals surface area contributed by atoms with Crippen molar-refractivity contribution in [1.82, 2.24) is 15.2 Å². The minimum Gasteiger partial charge on any atom is -0.394 e. The number of benzene rings is 2. The highest BCUT2D eigenvalue weighted by Gasteiger charge is 2.33. The number of aliphatic hydroxyl groups excluding tert-OH is 1. The maximum absolute atomic E-state index is 15.7. The lowest BCUT2D eigenvalue weighted by Crippen LogP contribution is -2.50. The van der Waals surface area contributed by atoms with Gasteiger partial charge in [-0.3, -0.25) is 14.4 Å². The van der Waals surface area contributed by atoms with E-state index >= 15 is 4.39 Å². The van der Waals surface area contributed by atoms with Gasteiger partial charge in [-0.05, 0) is 63.3 Å². The number of nitrogens with one attached hydrogen (secondary N) is 2. The predicted molar refractivity (Wildman–Crippen MR) is 163 cm³/mol. The summed E-state index contributed by atoms with van der Waals surface area (Å²) in [6.07, 6.45) is 4.15. The third kappa shape index (κ3) is 6.25. The number of anilines is 1. The Kier molecular flexibility index (Phi) is 8.77.